The molecule has 0 spiro atoms. The van der Waals surface area contributed by atoms with E-state index >= 15 is 0 Å². The van der Waals surface area contributed by atoms with Gasteiger partial charge >= 0.3 is 18.2 Å². The third kappa shape index (κ3) is 10.6. The van der Waals surface area contributed by atoms with Gasteiger partial charge in [0, 0.05) is 44.7 Å². The Hall–Kier alpha value is -3.21. The van der Waals surface area contributed by atoms with Crippen molar-refractivity contribution in [2.45, 2.75) is 117 Å². The van der Waals surface area contributed by atoms with E-state index in [-0.39, 0.29) is 32.3 Å². The number of rotatable bonds is 11. The number of hydrogen-bond acceptors (Lipinski definition) is 10. The molecule has 1 saturated heterocycles. The van der Waals surface area contributed by atoms with Gasteiger partial charge in [0.15, 0.2) is 5.16 Å². The van der Waals surface area contributed by atoms with Crippen LogP contribution in [0, 0.1) is 0 Å². The van der Waals surface area contributed by atoms with Gasteiger partial charge in [0.1, 0.15) is 16.8 Å². The largest absolute Gasteiger partial charge is 0.459 e. The molecule has 268 valence electrons. The number of nitrogens with zero attached hydrogens (tertiary/aromatic N) is 4. The fraction of sp³-hybridized carbons (Fsp3) is 0.657. The number of carbonyl (C=O) groups excluding carboxylic acids is 3. The first kappa shape index (κ1) is 39.2. The molecule has 2 atom stereocenters. The molecule has 0 N–H and O–H groups in total. The number of benzene rings is 1. The maximum absolute atomic E-state index is 14.8. The summed E-state index contributed by atoms with van der Waals surface area (Å²) in [6, 6.07) is 7.96. The van der Waals surface area contributed by atoms with Gasteiger partial charge < -0.3 is 23.3 Å². The fourth-order valence-corrected chi connectivity index (χ4v) is 8.63. The number of hydrogen-bond donors (Lipinski definition) is 0. The van der Waals surface area contributed by atoms with Gasteiger partial charge in [-0.15, -0.1) is 0 Å². The predicted molar refractivity (Wildman–Crippen MR) is 185 cm³/mol. The van der Waals surface area contributed by atoms with E-state index < -0.39 is 47.5 Å². The number of aromatic nitrogens is 2. The Morgan fingerprint density at radius 1 is 0.917 bits per heavy atom. The van der Waals surface area contributed by atoms with Crippen LogP contribution >= 0.6 is 7.37 Å². The predicted octanol–water partition coefficient (Wildman–Crippen LogP) is 7.43. The third-order valence-corrected chi connectivity index (χ3v) is 10.9. The van der Waals surface area contributed by atoms with E-state index in [4.69, 9.17) is 18.7 Å². The molecular weight excluding hydrogens is 635 g/mol. The van der Waals surface area contributed by atoms with E-state index in [9.17, 15) is 18.9 Å². The molecule has 48 heavy (non-hydrogen) atoms. The first-order valence-electron chi connectivity index (χ1n) is 16.7. The highest BCUT2D eigenvalue weighted by atomic mass is 31.2. The summed E-state index contributed by atoms with van der Waals surface area (Å²) in [5.74, 6) is -0.574. The zero-order valence-corrected chi connectivity index (χ0v) is 31.3. The fourth-order valence-electron chi connectivity index (χ4n) is 5.62. The monoisotopic (exact) mass is 690 g/mol. The molecule has 2 unspecified atom stereocenters. The zero-order chi connectivity index (χ0) is 36.0. The second-order valence-corrected chi connectivity index (χ2v) is 18.1. The molecule has 1 aliphatic rings. The lowest BCUT2D eigenvalue weighted by Gasteiger charge is -2.46. The van der Waals surface area contributed by atoms with Gasteiger partial charge in [-0.1, -0.05) is 18.2 Å². The number of esters is 1. The van der Waals surface area contributed by atoms with Crippen molar-refractivity contribution in [1.29, 1.82) is 0 Å². The number of imide groups is 1. The summed E-state index contributed by atoms with van der Waals surface area (Å²) < 4.78 is 39.7. The van der Waals surface area contributed by atoms with Crippen LogP contribution in [0.25, 0.3) is 5.69 Å². The van der Waals surface area contributed by atoms with E-state index in [1.165, 1.54) is 0 Å². The van der Waals surface area contributed by atoms with Crippen LogP contribution < -0.4 is 0 Å². The molecule has 3 rings (SSSR count). The minimum Gasteiger partial charge on any atom is -0.459 e. The first-order valence-corrected chi connectivity index (χ1v) is 18.5. The number of para-hydroxylation sites is 1. The summed E-state index contributed by atoms with van der Waals surface area (Å²) in [6.07, 6.45) is 4.68. The molecule has 2 heterocycles. The van der Waals surface area contributed by atoms with Crippen molar-refractivity contribution >= 4 is 25.5 Å². The van der Waals surface area contributed by atoms with Crippen LogP contribution in [0.5, 0.6) is 0 Å². The summed E-state index contributed by atoms with van der Waals surface area (Å²) in [5, 5.41) is -1.47. The molecule has 0 aliphatic carbocycles. The lowest BCUT2D eigenvalue weighted by molar-refractivity contribution is -0.160. The molecule has 1 fully saturated rings. The van der Waals surface area contributed by atoms with Gasteiger partial charge in [-0.2, -0.15) is 0 Å². The summed E-state index contributed by atoms with van der Waals surface area (Å²) in [7, 11) is -3.59. The molecule has 2 amide bonds. The normalized spacial score (nSPS) is 20.6. The molecule has 0 radical (unpaired) electrons. The van der Waals surface area contributed by atoms with E-state index in [2.05, 4.69) is 9.88 Å². The first-order chi connectivity index (χ1) is 22.2. The second kappa shape index (κ2) is 15.6. The molecule has 0 bridgehead atoms. The molecule has 1 aromatic heterocycles. The summed E-state index contributed by atoms with van der Waals surface area (Å²) in [4.78, 5) is 47.7. The molecule has 2 aromatic rings. The lowest BCUT2D eigenvalue weighted by atomic mass is 9.98. The van der Waals surface area contributed by atoms with Crippen molar-refractivity contribution in [2.75, 3.05) is 32.4 Å². The minimum absolute atomic E-state index is 0.0187. The highest BCUT2D eigenvalue weighted by molar-refractivity contribution is 7.62. The quantitative estimate of drug-likeness (QED) is 0.102. The van der Waals surface area contributed by atoms with Crippen LogP contribution in [0.4, 0.5) is 9.59 Å². The van der Waals surface area contributed by atoms with Gasteiger partial charge in [-0.25, -0.2) is 19.5 Å². The number of unbranched alkanes of at least 4 members (excludes halogenated alkanes) is 1. The molecule has 12 nitrogen and oxygen atoms in total. The Morgan fingerprint density at radius 2 is 1.52 bits per heavy atom. The highest BCUT2D eigenvalue weighted by Gasteiger charge is 2.59. The van der Waals surface area contributed by atoms with Crippen molar-refractivity contribution in [3.63, 3.8) is 0 Å². The van der Waals surface area contributed by atoms with Gasteiger partial charge in [-0.05, 0) is 100 Å². The van der Waals surface area contributed by atoms with Crippen LogP contribution in [0.2, 0.25) is 0 Å². The van der Waals surface area contributed by atoms with Crippen LogP contribution in [0.15, 0.2) is 43.0 Å². The number of amides is 2. The Balaban J connectivity index is 1.92. The van der Waals surface area contributed by atoms with Gasteiger partial charge in [-0.3, -0.25) is 14.3 Å². The van der Waals surface area contributed by atoms with Crippen molar-refractivity contribution in [2.24, 2.45) is 0 Å². The average Bonchev–Trinajstić information content (AvgIpc) is 3.47. The van der Waals surface area contributed by atoms with Gasteiger partial charge in [0.25, 0.3) is 0 Å². The standard InChI is InChI=1S/C35H55N4O8P/c1-11-44-48(43)23-22-37(24-27-16-12-13-17-28(27)38-21-19-36-26-38)25-35(48,29(40)45-32(2,3)4)18-14-15-20-39(30(41)46-33(5,6)7)31(42)47-34(8,9)10/h12-13,16-17,19,21,26H,11,14-15,18,20,22-25H2,1-10H3. The average molecular weight is 691 g/mol. The van der Waals surface area contributed by atoms with E-state index in [0.29, 0.717) is 25.9 Å². The Labute approximate surface area is 285 Å². The number of imidazole rings is 1. The van der Waals surface area contributed by atoms with E-state index in [0.717, 1.165) is 16.2 Å². The van der Waals surface area contributed by atoms with Crippen molar-refractivity contribution < 1.29 is 37.7 Å². The zero-order valence-electron chi connectivity index (χ0n) is 30.4. The minimum atomic E-state index is -3.59. The van der Waals surface area contributed by atoms with Crippen LogP contribution in [-0.4, -0.2) is 91.9 Å². The van der Waals surface area contributed by atoms with Crippen molar-refractivity contribution in [1.82, 2.24) is 19.4 Å². The second-order valence-electron chi connectivity index (χ2n) is 15.2. The molecule has 1 aliphatic heterocycles. The third-order valence-electron chi connectivity index (χ3n) is 7.58. The Bertz CT molecular complexity index is 1410. The summed E-state index contributed by atoms with van der Waals surface area (Å²) in [6.45, 7) is 18.7. The maximum Gasteiger partial charge on any atom is 0.419 e. The van der Waals surface area contributed by atoms with Gasteiger partial charge in [0.2, 0.25) is 7.37 Å². The molecular formula is C35H55N4O8P. The molecule has 1 aromatic carbocycles. The Kier molecular flexibility index (Phi) is 12.7. The summed E-state index contributed by atoms with van der Waals surface area (Å²) >= 11 is 0. The SMILES string of the molecule is CCOP1(=O)CCN(Cc2ccccc2-n2ccnc2)CC1(CCCCN(C(=O)OC(C)(C)C)C(=O)OC(C)(C)C)C(=O)OC(C)(C)C. The van der Waals surface area contributed by atoms with Crippen LogP contribution in [0.3, 0.4) is 0 Å². The van der Waals surface area contributed by atoms with Crippen molar-refractivity contribution in [3.8, 4) is 5.69 Å². The van der Waals surface area contributed by atoms with E-state index in [1.54, 1.807) is 81.8 Å². The Morgan fingerprint density at radius 3 is 2.06 bits per heavy atom. The summed E-state index contributed by atoms with van der Waals surface area (Å²) in [5.41, 5.74) is -0.510. The van der Waals surface area contributed by atoms with Gasteiger partial charge in [0.05, 0.1) is 18.6 Å². The highest BCUT2D eigenvalue weighted by Crippen LogP contribution is 2.64. The number of ether oxygens (including phenoxy) is 3. The van der Waals surface area contributed by atoms with Crippen molar-refractivity contribution in [3.05, 3.63) is 48.5 Å². The topological polar surface area (TPSA) is 130 Å². The number of carbonyl (C=O) groups is 3. The van der Waals surface area contributed by atoms with Crippen LogP contribution in [-0.2, 0) is 34.6 Å². The lowest BCUT2D eigenvalue weighted by Crippen LogP contribution is -2.56. The van der Waals surface area contributed by atoms with Crippen LogP contribution in [0.1, 0.15) is 94.1 Å². The molecule has 13 heteroatoms. The van der Waals surface area contributed by atoms with E-state index in [1.807, 2.05) is 35.0 Å². The maximum atomic E-state index is 14.8. The molecule has 0 saturated carbocycles. The smallest absolute Gasteiger partial charge is 0.419 e.